The molecule has 1 aromatic rings. The van der Waals surface area contributed by atoms with Crippen LogP contribution >= 0.6 is 0 Å². The van der Waals surface area contributed by atoms with E-state index in [1.807, 2.05) is 30.3 Å². The van der Waals surface area contributed by atoms with Crippen molar-refractivity contribution in [3.05, 3.63) is 42.1 Å². The van der Waals surface area contributed by atoms with Gasteiger partial charge in [0, 0.05) is 0 Å². The Hall–Kier alpha value is -1.24. The van der Waals surface area contributed by atoms with Crippen molar-refractivity contribution in [3.63, 3.8) is 0 Å². The molecular formula is C8H7N. The van der Waals surface area contributed by atoms with Crippen molar-refractivity contribution >= 4 is 6.08 Å². The number of hydrogen-bond acceptors (Lipinski definition) is 0. The summed E-state index contributed by atoms with van der Waals surface area (Å²) in [6, 6.07) is 9.64. The second-order valence-corrected chi connectivity index (χ2v) is 1.73. The Bertz CT molecular complexity index is 189. The normalized spacial score (nSPS) is 10.2. The third-order valence-electron chi connectivity index (χ3n) is 1.07. The summed E-state index contributed by atoms with van der Waals surface area (Å²) in [7, 11) is 0. The molecule has 2 radical (unpaired) electrons. The zero-order valence-electron chi connectivity index (χ0n) is 4.99. The van der Waals surface area contributed by atoms with Gasteiger partial charge in [-0.05, 0) is 11.6 Å². The summed E-state index contributed by atoms with van der Waals surface area (Å²) in [6.07, 6.45) is 2.68. The highest BCUT2D eigenvalue weighted by Gasteiger charge is 1.78. The van der Waals surface area contributed by atoms with E-state index in [1.54, 1.807) is 6.08 Å². The van der Waals surface area contributed by atoms with Crippen molar-refractivity contribution < 1.29 is 0 Å². The van der Waals surface area contributed by atoms with E-state index in [2.05, 4.69) is 0 Å². The molecule has 44 valence electrons. The van der Waals surface area contributed by atoms with Crippen LogP contribution in [0.5, 0.6) is 0 Å². The molecule has 0 bridgehead atoms. The first-order valence-corrected chi connectivity index (χ1v) is 2.79. The highest BCUT2D eigenvalue weighted by Crippen LogP contribution is 1.98. The molecule has 1 rings (SSSR count). The Balaban J connectivity index is 2.85. The maximum absolute atomic E-state index is 8.34. The van der Waals surface area contributed by atoms with Crippen molar-refractivity contribution in [2.24, 2.45) is 0 Å². The molecule has 0 saturated heterocycles. The summed E-state index contributed by atoms with van der Waals surface area (Å²) < 4.78 is 0. The van der Waals surface area contributed by atoms with Crippen molar-refractivity contribution in [2.75, 3.05) is 0 Å². The lowest BCUT2D eigenvalue weighted by Gasteiger charge is -1.86. The molecule has 0 spiro atoms. The van der Waals surface area contributed by atoms with Gasteiger partial charge in [0.05, 0.1) is 6.20 Å². The van der Waals surface area contributed by atoms with E-state index in [1.165, 1.54) is 0 Å². The van der Waals surface area contributed by atoms with Gasteiger partial charge in [-0.25, -0.2) is 0 Å². The summed E-state index contributed by atoms with van der Waals surface area (Å²) in [5, 5.41) is 0. The summed E-state index contributed by atoms with van der Waals surface area (Å²) in [4.78, 5) is 0. The van der Waals surface area contributed by atoms with Crippen LogP contribution in [0.1, 0.15) is 5.56 Å². The third kappa shape index (κ3) is 1.61. The van der Waals surface area contributed by atoms with E-state index < -0.39 is 0 Å². The van der Waals surface area contributed by atoms with Crippen molar-refractivity contribution in [1.82, 2.24) is 5.73 Å². The second-order valence-electron chi connectivity index (χ2n) is 1.73. The van der Waals surface area contributed by atoms with Crippen molar-refractivity contribution in [3.8, 4) is 0 Å². The Morgan fingerprint density at radius 2 is 1.78 bits per heavy atom. The van der Waals surface area contributed by atoms with Crippen LogP contribution in [0.25, 0.3) is 6.08 Å². The molecular weight excluding hydrogens is 110 g/mol. The first kappa shape index (κ1) is 5.89. The first-order chi connectivity index (χ1) is 4.43. The smallest absolute Gasteiger partial charge is 0.0501 e. The van der Waals surface area contributed by atoms with Gasteiger partial charge < -0.3 is 0 Å². The number of rotatable bonds is 1. The third-order valence-corrected chi connectivity index (χ3v) is 1.07. The molecule has 1 nitrogen and oxygen atoms in total. The van der Waals surface area contributed by atoms with Gasteiger partial charge >= 0.3 is 0 Å². The molecule has 0 aliphatic heterocycles. The Morgan fingerprint density at radius 1 is 1.11 bits per heavy atom. The lowest BCUT2D eigenvalue weighted by atomic mass is 10.2. The van der Waals surface area contributed by atoms with Crippen LogP contribution in [0.15, 0.2) is 36.5 Å². The molecule has 0 aliphatic carbocycles. The van der Waals surface area contributed by atoms with Crippen LogP contribution in [0, 0.1) is 0 Å². The molecule has 0 unspecified atom stereocenters. The molecule has 0 N–H and O–H groups in total. The number of benzene rings is 1. The van der Waals surface area contributed by atoms with E-state index in [9.17, 15) is 0 Å². The monoisotopic (exact) mass is 117 g/mol. The molecule has 1 heteroatoms. The lowest BCUT2D eigenvalue weighted by molar-refractivity contribution is 1.54. The predicted molar refractivity (Wildman–Crippen MR) is 37.6 cm³/mol. The van der Waals surface area contributed by atoms with Gasteiger partial charge in [-0.1, -0.05) is 30.3 Å². The Kier molecular flexibility index (Phi) is 1.91. The molecule has 0 aromatic heterocycles. The highest BCUT2D eigenvalue weighted by molar-refractivity contribution is 5.47. The van der Waals surface area contributed by atoms with Gasteiger partial charge in [0.25, 0.3) is 0 Å². The fourth-order valence-electron chi connectivity index (χ4n) is 0.650. The first-order valence-electron chi connectivity index (χ1n) is 2.79. The standard InChI is InChI=1S/C8H7N/c9-7-6-8-4-2-1-3-5-8/h1-7H/b7-6+. The zero-order chi connectivity index (χ0) is 6.53. The van der Waals surface area contributed by atoms with Crippen LogP contribution in [0.3, 0.4) is 0 Å². The highest BCUT2D eigenvalue weighted by atomic mass is 14.5. The molecule has 9 heavy (non-hydrogen) atoms. The average molecular weight is 117 g/mol. The molecule has 0 amide bonds. The van der Waals surface area contributed by atoms with Gasteiger partial charge in [-0.2, -0.15) is 5.73 Å². The van der Waals surface area contributed by atoms with Crippen LogP contribution < -0.4 is 5.73 Å². The minimum atomic E-state index is 1.01. The van der Waals surface area contributed by atoms with Gasteiger partial charge in [0.2, 0.25) is 0 Å². The Morgan fingerprint density at radius 3 is 2.33 bits per heavy atom. The molecule has 0 aliphatic rings. The van der Waals surface area contributed by atoms with Crippen LogP contribution in [0.4, 0.5) is 0 Å². The van der Waals surface area contributed by atoms with E-state index in [-0.39, 0.29) is 0 Å². The summed E-state index contributed by atoms with van der Waals surface area (Å²) in [6.45, 7) is 0. The molecule has 0 heterocycles. The second kappa shape index (κ2) is 2.92. The van der Waals surface area contributed by atoms with E-state index >= 15 is 0 Å². The van der Waals surface area contributed by atoms with Gasteiger partial charge in [-0.15, -0.1) is 0 Å². The lowest BCUT2D eigenvalue weighted by Crippen LogP contribution is -1.67. The molecule has 0 atom stereocenters. The zero-order valence-corrected chi connectivity index (χ0v) is 4.99. The number of nitrogens with zero attached hydrogens (tertiary/aromatic N) is 1. The van der Waals surface area contributed by atoms with Gasteiger partial charge in [0.1, 0.15) is 0 Å². The Labute approximate surface area is 54.8 Å². The predicted octanol–water partition coefficient (Wildman–Crippen LogP) is 1.73. The van der Waals surface area contributed by atoms with E-state index in [0.29, 0.717) is 0 Å². The maximum atomic E-state index is 8.34. The van der Waals surface area contributed by atoms with Crippen LogP contribution in [0.2, 0.25) is 0 Å². The number of hydrogen-bond donors (Lipinski definition) is 0. The minimum absolute atomic E-state index is 1.01. The van der Waals surface area contributed by atoms with E-state index in [4.69, 9.17) is 5.73 Å². The SMILES string of the molecule is [N]/C=C/c1ccccc1. The van der Waals surface area contributed by atoms with Crippen molar-refractivity contribution in [1.29, 1.82) is 0 Å². The summed E-state index contributed by atoms with van der Waals surface area (Å²) >= 11 is 0. The maximum Gasteiger partial charge on any atom is 0.0501 e. The van der Waals surface area contributed by atoms with Gasteiger partial charge in [0.15, 0.2) is 0 Å². The van der Waals surface area contributed by atoms with E-state index in [0.717, 1.165) is 11.8 Å². The van der Waals surface area contributed by atoms with Crippen LogP contribution in [-0.4, -0.2) is 0 Å². The average Bonchev–Trinajstić information content (AvgIpc) is 1.91. The molecule has 1 aromatic carbocycles. The van der Waals surface area contributed by atoms with Crippen molar-refractivity contribution in [2.45, 2.75) is 0 Å². The van der Waals surface area contributed by atoms with Gasteiger partial charge in [-0.3, -0.25) is 0 Å². The summed E-state index contributed by atoms with van der Waals surface area (Å²) in [5.41, 5.74) is 9.35. The summed E-state index contributed by atoms with van der Waals surface area (Å²) in [5.74, 6) is 0. The van der Waals surface area contributed by atoms with Crippen LogP contribution in [-0.2, 0) is 0 Å². The molecule has 0 fully saturated rings. The topological polar surface area (TPSA) is 22.3 Å². The minimum Gasteiger partial charge on any atom is -0.159 e. The molecule has 0 saturated carbocycles. The fourth-order valence-corrected chi connectivity index (χ4v) is 0.650. The quantitative estimate of drug-likeness (QED) is 0.534. The fraction of sp³-hybridized carbons (Fsp3) is 0. The largest absolute Gasteiger partial charge is 0.159 e.